The molecule has 100 valence electrons. The summed E-state index contributed by atoms with van der Waals surface area (Å²) in [5, 5.41) is 2.17. The molecule has 0 aliphatic heterocycles. The molecule has 3 aromatic rings. The summed E-state index contributed by atoms with van der Waals surface area (Å²) in [6.45, 7) is 0. The van der Waals surface area contributed by atoms with Crippen LogP contribution >= 0.6 is 23.2 Å². The number of nitrogens with zero attached hydrogens (tertiary/aromatic N) is 1. The van der Waals surface area contributed by atoms with Gasteiger partial charge < -0.3 is 4.74 Å². The van der Waals surface area contributed by atoms with Gasteiger partial charge in [-0.05, 0) is 18.2 Å². The Morgan fingerprint density at radius 1 is 0.950 bits per heavy atom. The van der Waals surface area contributed by atoms with Gasteiger partial charge in [-0.25, -0.2) is 4.98 Å². The zero-order valence-corrected chi connectivity index (χ0v) is 12.2. The molecule has 20 heavy (non-hydrogen) atoms. The third kappa shape index (κ3) is 2.21. The summed E-state index contributed by atoms with van der Waals surface area (Å²) in [6, 6.07) is 15.1. The molecule has 1 heterocycles. The van der Waals surface area contributed by atoms with Crippen molar-refractivity contribution in [1.82, 2.24) is 4.98 Å². The molecule has 2 nitrogen and oxygen atoms in total. The van der Waals surface area contributed by atoms with Crippen LogP contribution in [0, 0.1) is 0 Å². The largest absolute Gasteiger partial charge is 0.494 e. The minimum absolute atomic E-state index is 0.610. The van der Waals surface area contributed by atoms with Crippen LogP contribution in [-0.4, -0.2) is 12.1 Å². The molecule has 0 N–H and O–H groups in total. The number of fused-ring (bicyclic) bond motifs is 1. The molecule has 3 rings (SSSR count). The number of pyridine rings is 1. The normalized spacial score (nSPS) is 10.8. The molecular weight excluding hydrogens is 293 g/mol. The third-order valence-corrected chi connectivity index (χ3v) is 3.75. The number of methoxy groups -OCH3 is 1. The lowest BCUT2D eigenvalue weighted by Gasteiger charge is -2.11. The van der Waals surface area contributed by atoms with E-state index in [0.29, 0.717) is 21.5 Å². The molecular formula is C16H11Cl2NO. The number of hydrogen-bond acceptors (Lipinski definition) is 2. The lowest BCUT2D eigenvalue weighted by Crippen LogP contribution is -1.93. The summed E-state index contributed by atoms with van der Waals surface area (Å²) >= 11 is 12.5. The number of hydrogen-bond donors (Lipinski definition) is 0. The van der Waals surface area contributed by atoms with E-state index in [2.05, 4.69) is 4.98 Å². The summed E-state index contributed by atoms with van der Waals surface area (Å²) in [6.07, 6.45) is 0. The Bertz CT molecular complexity index is 787. The molecule has 0 bridgehead atoms. The van der Waals surface area contributed by atoms with Crippen LogP contribution in [0.1, 0.15) is 0 Å². The number of rotatable bonds is 2. The summed E-state index contributed by atoms with van der Waals surface area (Å²) in [5.41, 5.74) is 2.26. The molecule has 0 radical (unpaired) electrons. The lowest BCUT2D eigenvalue weighted by molar-refractivity contribution is 0.415. The number of aromatic nitrogens is 1. The van der Waals surface area contributed by atoms with Gasteiger partial charge in [0.2, 0.25) is 0 Å². The minimum atomic E-state index is 0.610. The van der Waals surface area contributed by atoms with Crippen molar-refractivity contribution in [3.05, 3.63) is 58.6 Å². The highest BCUT2D eigenvalue weighted by atomic mass is 35.5. The molecule has 0 saturated heterocycles. The van der Waals surface area contributed by atoms with Gasteiger partial charge in [-0.1, -0.05) is 53.5 Å². The van der Waals surface area contributed by atoms with Gasteiger partial charge in [0.15, 0.2) is 0 Å². The Morgan fingerprint density at radius 3 is 2.45 bits per heavy atom. The summed E-state index contributed by atoms with van der Waals surface area (Å²) in [5.74, 6) is 0.674. The lowest BCUT2D eigenvalue weighted by atomic mass is 10.1. The van der Waals surface area contributed by atoms with Crippen molar-refractivity contribution in [2.24, 2.45) is 0 Å². The molecule has 4 heteroatoms. The van der Waals surface area contributed by atoms with Crippen molar-refractivity contribution in [1.29, 1.82) is 0 Å². The van der Waals surface area contributed by atoms with E-state index >= 15 is 0 Å². The SMILES string of the molecule is COc1cc2cccc(Cl)c2nc1-c1ccccc1Cl. The smallest absolute Gasteiger partial charge is 0.145 e. The number of para-hydroxylation sites is 1. The van der Waals surface area contributed by atoms with E-state index in [1.54, 1.807) is 7.11 Å². The van der Waals surface area contributed by atoms with Gasteiger partial charge in [0.25, 0.3) is 0 Å². The second-order valence-corrected chi connectivity index (χ2v) is 5.15. The first-order valence-electron chi connectivity index (χ1n) is 6.09. The summed E-state index contributed by atoms with van der Waals surface area (Å²) < 4.78 is 5.44. The number of ether oxygens (including phenoxy) is 1. The minimum Gasteiger partial charge on any atom is -0.494 e. The van der Waals surface area contributed by atoms with Crippen molar-refractivity contribution in [2.75, 3.05) is 7.11 Å². The van der Waals surface area contributed by atoms with Gasteiger partial charge in [0, 0.05) is 10.9 Å². The molecule has 0 aliphatic carbocycles. The van der Waals surface area contributed by atoms with Crippen LogP contribution in [0.15, 0.2) is 48.5 Å². The first-order valence-corrected chi connectivity index (χ1v) is 6.84. The van der Waals surface area contributed by atoms with Crippen molar-refractivity contribution in [3.63, 3.8) is 0 Å². The molecule has 0 amide bonds. The van der Waals surface area contributed by atoms with Crippen LogP contribution in [0.2, 0.25) is 10.0 Å². The van der Waals surface area contributed by atoms with E-state index in [1.165, 1.54) is 0 Å². The first-order chi connectivity index (χ1) is 9.70. The summed E-state index contributed by atoms with van der Waals surface area (Å²) in [4.78, 5) is 4.64. The van der Waals surface area contributed by atoms with Crippen LogP contribution in [0.5, 0.6) is 5.75 Å². The third-order valence-electron chi connectivity index (χ3n) is 3.11. The topological polar surface area (TPSA) is 22.1 Å². The molecule has 0 unspecified atom stereocenters. The zero-order valence-electron chi connectivity index (χ0n) is 10.7. The van der Waals surface area contributed by atoms with Gasteiger partial charge in [0.05, 0.1) is 22.7 Å². The van der Waals surface area contributed by atoms with E-state index < -0.39 is 0 Å². The highest BCUT2D eigenvalue weighted by molar-refractivity contribution is 6.35. The predicted molar refractivity (Wildman–Crippen MR) is 83.8 cm³/mol. The van der Waals surface area contributed by atoms with Crippen molar-refractivity contribution >= 4 is 34.1 Å². The van der Waals surface area contributed by atoms with Gasteiger partial charge in [-0.15, -0.1) is 0 Å². The monoisotopic (exact) mass is 303 g/mol. The van der Waals surface area contributed by atoms with Gasteiger partial charge in [-0.2, -0.15) is 0 Å². The number of benzene rings is 2. The average molecular weight is 304 g/mol. The Hall–Kier alpha value is -1.77. The maximum Gasteiger partial charge on any atom is 0.145 e. The van der Waals surface area contributed by atoms with E-state index in [-0.39, 0.29) is 0 Å². The Kier molecular flexibility index (Phi) is 3.51. The molecule has 0 spiro atoms. The van der Waals surface area contributed by atoms with Crippen LogP contribution in [0.3, 0.4) is 0 Å². The van der Waals surface area contributed by atoms with Crippen LogP contribution < -0.4 is 4.74 Å². The number of halogens is 2. The zero-order chi connectivity index (χ0) is 14.1. The maximum absolute atomic E-state index is 6.25. The van der Waals surface area contributed by atoms with Crippen molar-refractivity contribution < 1.29 is 4.74 Å². The highest BCUT2D eigenvalue weighted by Gasteiger charge is 2.13. The van der Waals surface area contributed by atoms with Gasteiger partial charge >= 0.3 is 0 Å². The van der Waals surface area contributed by atoms with E-state index in [1.807, 2.05) is 48.5 Å². The fourth-order valence-corrected chi connectivity index (χ4v) is 2.59. The van der Waals surface area contributed by atoms with E-state index in [0.717, 1.165) is 16.5 Å². The Labute approximate surface area is 126 Å². The second-order valence-electron chi connectivity index (χ2n) is 4.33. The second kappa shape index (κ2) is 5.31. The first kappa shape index (κ1) is 13.2. The molecule has 0 fully saturated rings. The standard InChI is InChI=1S/C16H11Cl2NO/c1-20-14-9-10-5-4-8-13(18)15(10)19-16(14)11-6-2-3-7-12(11)17/h2-9H,1H3. The quantitative estimate of drug-likeness (QED) is 0.648. The Morgan fingerprint density at radius 2 is 1.70 bits per heavy atom. The Balaban J connectivity index is 2.34. The van der Waals surface area contributed by atoms with Crippen LogP contribution in [0.4, 0.5) is 0 Å². The average Bonchev–Trinajstić information content (AvgIpc) is 2.47. The fraction of sp³-hybridized carbons (Fsp3) is 0.0625. The van der Waals surface area contributed by atoms with E-state index in [4.69, 9.17) is 27.9 Å². The van der Waals surface area contributed by atoms with Crippen molar-refractivity contribution in [3.8, 4) is 17.0 Å². The summed E-state index contributed by atoms with van der Waals surface area (Å²) in [7, 11) is 1.62. The molecule has 0 atom stereocenters. The van der Waals surface area contributed by atoms with Crippen LogP contribution in [-0.2, 0) is 0 Å². The predicted octanol–water partition coefficient (Wildman–Crippen LogP) is 5.22. The van der Waals surface area contributed by atoms with Gasteiger partial charge in [0.1, 0.15) is 11.4 Å². The van der Waals surface area contributed by atoms with Gasteiger partial charge in [-0.3, -0.25) is 0 Å². The molecule has 0 saturated carbocycles. The molecule has 2 aromatic carbocycles. The molecule has 0 aliphatic rings. The van der Waals surface area contributed by atoms with Crippen molar-refractivity contribution in [2.45, 2.75) is 0 Å². The highest BCUT2D eigenvalue weighted by Crippen LogP contribution is 2.36. The molecule has 1 aromatic heterocycles. The maximum atomic E-state index is 6.25. The fourth-order valence-electron chi connectivity index (χ4n) is 2.14. The van der Waals surface area contributed by atoms with E-state index in [9.17, 15) is 0 Å². The van der Waals surface area contributed by atoms with Crippen LogP contribution in [0.25, 0.3) is 22.2 Å².